The van der Waals surface area contributed by atoms with Crippen LogP contribution >= 0.6 is 47.2 Å². The van der Waals surface area contributed by atoms with Crippen LogP contribution in [-0.4, -0.2) is 19.7 Å². The summed E-state index contributed by atoms with van der Waals surface area (Å²) >= 11 is 19.7. The van der Waals surface area contributed by atoms with Crippen LogP contribution in [0.25, 0.3) is 17.0 Å². The number of nitrogens with zero attached hydrogens (tertiary/aromatic N) is 2. The topological polar surface area (TPSA) is 25.2 Å². The predicted octanol–water partition coefficient (Wildman–Crippen LogP) is 7.40. The summed E-state index contributed by atoms with van der Waals surface area (Å²) in [5.41, 5.74) is 3.90. The van der Waals surface area contributed by atoms with Crippen molar-refractivity contribution in [1.82, 2.24) is 9.47 Å². The lowest BCUT2D eigenvalue weighted by Gasteiger charge is -2.14. The van der Waals surface area contributed by atoms with Gasteiger partial charge in [0.25, 0.3) is 5.91 Å². The van der Waals surface area contributed by atoms with Crippen molar-refractivity contribution in [2.75, 3.05) is 0 Å². The van der Waals surface area contributed by atoms with Crippen molar-refractivity contribution < 1.29 is 4.79 Å². The molecule has 1 aliphatic rings. The number of para-hydroxylation sites is 1. The molecule has 1 aliphatic heterocycles. The Kier molecular flexibility index (Phi) is 6.30. The first kappa shape index (κ1) is 22.2. The van der Waals surface area contributed by atoms with Crippen molar-refractivity contribution in [3.8, 4) is 0 Å². The van der Waals surface area contributed by atoms with Gasteiger partial charge in [0.15, 0.2) is 0 Å². The zero-order chi connectivity index (χ0) is 22.9. The van der Waals surface area contributed by atoms with E-state index in [2.05, 4.69) is 16.7 Å². The van der Waals surface area contributed by atoms with Gasteiger partial charge in [0.2, 0.25) is 0 Å². The van der Waals surface area contributed by atoms with Gasteiger partial charge in [-0.2, -0.15) is 0 Å². The van der Waals surface area contributed by atoms with E-state index in [1.165, 1.54) is 11.8 Å². The smallest absolute Gasteiger partial charge is 0.266 e. The number of thiocarbonyl (C=S) groups is 1. The average Bonchev–Trinajstić information content (AvgIpc) is 3.29. The molecule has 0 atom stereocenters. The summed E-state index contributed by atoms with van der Waals surface area (Å²) < 4.78 is 2.68. The number of benzene rings is 3. The predicted molar refractivity (Wildman–Crippen MR) is 143 cm³/mol. The van der Waals surface area contributed by atoms with Crippen LogP contribution in [0, 0.1) is 0 Å². The third kappa shape index (κ3) is 4.46. The molecule has 0 bridgehead atoms. The molecule has 5 rings (SSSR count). The molecule has 1 amide bonds. The van der Waals surface area contributed by atoms with Gasteiger partial charge in [-0.3, -0.25) is 9.69 Å². The molecule has 1 fully saturated rings. The first-order valence-electron chi connectivity index (χ1n) is 10.3. The summed E-state index contributed by atoms with van der Waals surface area (Å²) in [6, 6.07) is 23.5. The Bertz CT molecular complexity index is 1390. The SMILES string of the molecule is O=C1/C(=C/c2cn(Cc3c(Cl)cccc3Cl)c3ccccc23)SC(=S)N1Cc1ccccc1. The van der Waals surface area contributed by atoms with Crippen LogP contribution in [0.2, 0.25) is 10.0 Å². The van der Waals surface area contributed by atoms with Crippen LogP contribution in [-0.2, 0) is 17.9 Å². The fourth-order valence-electron chi connectivity index (χ4n) is 3.92. The second-order valence-corrected chi connectivity index (χ2v) is 10.2. The minimum Gasteiger partial charge on any atom is -0.342 e. The molecule has 33 heavy (non-hydrogen) atoms. The second-order valence-electron chi connectivity index (χ2n) is 7.68. The normalized spacial score (nSPS) is 15.2. The minimum absolute atomic E-state index is 0.0696. The second kappa shape index (κ2) is 9.35. The van der Waals surface area contributed by atoms with Gasteiger partial charge >= 0.3 is 0 Å². The Balaban J connectivity index is 1.49. The number of fused-ring (bicyclic) bond motifs is 1. The summed E-state index contributed by atoms with van der Waals surface area (Å²) in [7, 11) is 0. The number of carbonyl (C=O) groups is 1. The largest absolute Gasteiger partial charge is 0.342 e. The third-order valence-corrected chi connectivity index (χ3v) is 7.64. The van der Waals surface area contributed by atoms with Gasteiger partial charge in [-0.1, -0.05) is 102 Å². The van der Waals surface area contributed by atoms with Crippen LogP contribution < -0.4 is 0 Å². The summed E-state index contributed by atoms with van der Waals surface area (Å²) in [5.74, 6) is -0.0696. The Hall–Kier alpha value is -2.57. The van der Waals surface area contributed by atoms with Gasteiger partial charge in [-0.05, 0) is 29.8 Å². The summed E-state index contributed by atoms with van der Waals surface area (Å²) in [6.45, 7) is 0.997. The molecule has 0 spiro atoms. The van der Waals surface area contributed by atoms with Gasteiger partial charge in [0.05, 0.1) is 18.0 Å². The van der Waals surface area contributed by atoms with E-state index in [4.69, 9.17) is 35.4 Å². The molecule has 7 heteroatoms. The maximum atomic E-state index is 13.2. The average molecular weight is 509 g/mol. The van der Waals surface area contributed by atoms with Gasteiger partial charge in [-0.25, -0.2) is 0 Å². The number of aromatic nitrogens is 1. The van der Waals surface area contributed by atoms with Gasteiger partial charge in [0, 0.05) is 38.3 Å². The number of thioether (sulfide) groups is 1. The molecule has 0 N–H and O–H groups in total. The number of halogens is 2. The van der Waals surface area contributed by atoms with Crippen molar-refractivity contribution in [3.63, 3.8) is 0 Å². The lowest BCUT2D eigenvalue weighted by atomic mass is 10.1. The standard InChI is InChI=1S/C26H18Cl2N2OS2/c27-21-10-6-11-22(28)20(21)16-29-15-18(19-9-4-5-12-23(19)29)13-24-25(31)30(26(32)33-24)14-17-7-2-1-3-8-17/h1-13,15H,14,16H2/b24-13-. The molecule has 0 unspecified atom stereocenters. The molecule has 2 heterocycles. The van der Waals surface area contributed by atoms with Crippen LogP contribution in [0.4, 0.5) is 0 Å². The molecule has 0 saturated carbocycles. The van der Waals surface area contributed by atoms with E-state index < -0.39 is 0 Å². The first-order valence-corrected chi connectivity index (χ1v) is 12.3. The first-order chi connectivity index (χ1) is 16.0. The zero-order valence-electron chi connectivity index (χ0n) is 17.4. The van der Waals surface area contributed by atoms with Gasteiger partial charge in [0.1, 0.15) is 4.32 Å². The monoisotopic (exact) mass is 508 g/mol. The minimum atomic E-state index is -0.0696. The summed E-state index contributed by atoms with van der Waals surface area (Å²) in [4.78, 5) is 15.4. The zero-order valence-corrected chi connectivity index (χ0v) is 20.5. The highest BCUT2D eigenvalue weighted by molar-refractivity contribution is 8.26. The Labute approximate surface area is 211 Å². The van der Waals surface area contributed by atoms with Crippen molar-refractivity contribution in [2.24, 2.45) is 0 Å². The molecule has 3 nitrogen and oxygen atoms in total. The highest BCUT2D eigenvalue weighted by Gasteiger charge is 2.32. The molecule has 4 aromatic rings. The highest BCUT2D eigenvalue weighted by Crippen LogP contribution is 2.36. The van der Waals surface area contributed by atoms with Crippen LogP contribution in [0.15, 0.2) is 83.9 Å². The van der Waals surface area contributed by atoms with E-state index in [1.807, 2.05) is 72.9 Å². The molecule has 1 aromatic heterocycles. The number of rotatable bonds is 5. The molecule has 0 aliphatic carbocycles. The summed E-state index contributed by atoms with van der Waals surface area (Å²) in [5, 5.41) is 2.31. The molecular formula is C26H18Cl2N2OS2. The number of amides is 1. The fraction of sp³-hybridized carbons (Fsp3) is 0.0769. The van der Waals surface area contributed by atoms with E-state index in [9.17, 15) is 4.79 Å². The van der Waals surface area contributed by atoms with Crippen molar-refractivity contribution in [2.45, 2.75) is 13.1 Å². The molecule has 1 saturated heterocycles. The Morgan fingerprint density at radius 3 is 2.33 bits per heavy atom. The van der Waals surface area contributed by atoms with Crippen LogP contribution in [0.3, 0.4) is 0 Å². The lowest BCUT2D eigenvalue weighted by Crippen LogP contribution is -2.27. The van der Waals surface area contributed by atoms with E-state index in [-0.39, 0.29) is 5.91 Å². The van der Waals surface area contributed by atoms with E-state index in [0.29, 0.717) is 32.4 Å². The molecule has 164 valence electrons. The lowest BCUT2D eigenvalue weighted by molar-refractivity contribution is -0.122. The van der Waals surface area contributed by atoms with Gasteiger partial charge < -0.3 is 4.57 Å². The van der Waals surface area contributed by atoms with Crippen LogP contribution in [0.1, 0.15) is 16.7 Å². The fourth-order valence-corrected chi connectivity index (χ4v) is 5.68. The highest BCUT2D eigenvalue weighted by atomic mass is 35.5. The quantitative estimate of drug-likeness (QED) is 0.207. The summed E-state index contributed by atoms with van der Waals surface area (Å²) in [6.07, 6.45) is 3.96. The molecular weight excluding hydrogens is 491 g/mol. The van der Waals surface area contributed by atoms with Crippen molar-refractivity contribution in [3.05, 3.63) is 111 Å². The maximum Gasteiger partial charge on any atom is 0.266 e. The van der Waals surface area contributed by atoms with E-state index in [1.54, 1.807) is 4.90 Å². The van der Waals surface area contributed by atoms with E-state index in [0.717, 1.165) is 27.6 Å². The van der Waals surface area contributed by atoms with Crippen molar-refractivity contribution in [1.29, 1.82) is 0 Å². The number of carbonyl (C=O) groups excluding carboxylic acids is 1. The third-order valence-electron chi connectivity index (χ3n) is 5.55. The van der Waals surface area contributed by atoms with E-state index >= 15 is 0 Å². The Morgan fingerprint density at radius 2 is 1.58 bits per heavy atom. The Morgan fingerprint density at radius 1 is 0.879 bits per heavy atom. The van der Waals surface area contributed by atoms with Gasteiger partial charge in [-0.15, -0.1) is 0 Å². The van der Waals surface area contributed by atoms with Crippen molar-refractivity contribution >= 4 is 74.4 Å². The number of hydrogen-bond acceptors (Lipinski definition) is 3. The maximum absolute atomic E-state index is 13.2. The number of hydrogen-bond donors (Lipinski definition) is 0. The van der Waals surface area contributed by atoms with Crippen LogP contribution in [0.5, 0.6) is 0 Å². The molecule has 0 radical (unpaired) electrons. The molecule has 3 aromatic carbocycles.